The summed E-state index contributed by atoms with van der Waals surface area (Å²) >= 11 is 1.61. The highest BCUT2D eigenvalue weighted by Gasteiger charge is 2.16. The predicted octanol–water partition coefficient (Wildman–Crippen LogP) is 4.59. The summed E-state index contributed by atoms with van der Waals surface area (Å²) in [5, 5.41) is 10.7. The average Bonchev–Trinajstić information content (AvgIpc) is 3.15. The van der Waals surface area contributed by atoms with E-state index in [2.05, 4.69) is 21.6 Å². The third kappa shape index (κ3) is 3.37. The number of hydrogen-bond donors (Lipinski definition) is 1. The van der Waals surface area contributed by atoms with Gasteiger partial charge in [-0.15, -0.1) is 16.9 Å². The second kappa shape index (κ2) is 7.33. The van der Waals surface area contributed by atoms with Gasteiger partial charge >= 0.3 is 6.01 Å². The minimum Gasteiger partial charge on any atom is -0.403 e. The Balaban J connectivity index is 1.53. The van der Waals surface area contributed by atoms with Gasteiger partial charge in [-0.05, 0) is 67.3 Å². The predicted molar refractivity (Wildman–Crippen MR) is 103 cm³/mol. The Labute approximate surface area is 156 Å². The molecule has 5 nitrogen and oxygen atoms in total. The van der Waals surface area contributed by atoms with E-state index in [1.807, 2.05) is 42.7 Å². The molecule has 0 bridgehead atoms. The van der Waals surface area contributed by atoms with Gasteiger partial charge in [0.2, 0.25) is 0 Å². The SMILES string of the molecule is CSc1ccccc1-c1nnc(NC(=O)c2ccc3c(c2)CCCC3)o1. The number of rotatable bonds is 4. The molecule has 0 radical (unpaired) electrons. The molecule has 1 aromatic heterocycles. The van der Waals surface area contributed by atoms with Crippen molar-refractivity contribution in [3.63, 3.8) is 0 Å². The van der Waals surface area contributed by atoms with Crippen LogP contribution in [0.4, 0.5) is 6.01 Å². The third-order valence-electron chi connectivity index (χ3n) is 4.59. The van der Waals surface area contributed by atoms with Crippen molar-refractivity contribution in [1.82, 2.24) is 10.2 Å². The minimum absolute atomic E-state index is 0.110. The molecule has 132 valence electrons. The fraction of sp³-hybridized carbons (Fsp3) is 0.250. The number of thioether (sulfide) groups is 1. The second-order valence-corrected chi connectivity index (χ2v) is 7.11. The smallest absolute Gasteiger partial charge is 0.322 e. The number of amides is 1. The van der Waals surface area contributed by atoms with Crippen LogP contribution in [0.3, 0.4) is 0 Å². The number of nitrogens with zero attached hydrogens (tertiary/aromatic N) is 2. The van der Waals surface area contributed by atoms with Crippen LogP contribution in [0.1, 0.15) is 34.3 Å². The molecule has 1 aliphatic rings. The molecule has 1 N–H and O–H groups in total. The van der Waals surface area contributed by atoms with Crippen molar-refractivity contribution in [3.8, 4) is 11.5 Å². The topological polar surface area (TPSA) is 68.0 Å². The monoisotopic (exact) mass is 365 g/mol. The summed E-state index contributed by atoms with van der Waals surface area (Å²) < 4.78 is 5.65. The van der Waals surface area contributed by atoms with Crippen LogP contribution >= 0.6 is 11.8 Å². The van der Waals surface area contributed by atoms with E-state index in [1.54, 1.807) is 11.8 Å². The summed E-state index contributed by atoms with van der Waals surface area (Å²) in [4.78, 5) is 13.6. The van der Waals surface area contributed by atoms with Gasteiger partial charge in [-0.1, -0.05) is 23.3 Å². The van der Waals surface area contributed by atoms with E-state index in [1.165, 1.54) is 24.0 Å². The Kier molecular flexibility index (Phi) is 4.75. The maximum absolute atomic E-state index is 12.5. The number of carbonyl (C=O) groups is 1. The molecule has 26 heavy (non-hydrogen) atoms. The molecule has 2 aromatic carbocycles. The summed E-state index contributed by atoms with van der Waals surface area (Å²) in [7, 11) is 0. The quantitative estimate of drug-likeness (QED) is 0.685. The van der Waals surface area contributed by atoms with Crippen molar-refractivity contribution >= 4 is 23.7 Å². The summed E-state index contributed by atoms with van der Waals surface area (Å²) in [6.07, 6.45) is 6.53. The zero-order chi connectivity index (χ0) is 17.9. The summed E-state index contributed by atoms with van der Waals surface area (Å²) in [6.45, 7) is 0. The zero-order valence-corrected chi connectivity index (χ0v) is 15.3. The van der Waals surface area contributed by atoms with Crippen molar-refractivity contribution in [2.75, 3.05) is 11.6 Å². The number of nitrogens with one attached hydrogen (secondary N) is 1. The lowest BCUT2D eigenvalue weighted by Crippen LogP contribution is -2.13. The van der Waals surface area contributed by atoms with E-state index in [4.69, 9.17) is 4.42 Å². The van der Waals surface area contributed by atoms with E-state index in [0.29, 0.717) is 11.5 Å². The normalized spacial score (nSPS) is 13.3. The standard InChI is InChI=1S/C20H19N3O2S/c1-26-17-9-5-4-8-16(17)19-22-23-20(25-19)21-18(24)15-11-10-13-6-2-3-7-14(13)12-15/h4-5,8-12H,2-3,6-7H2,1H3,(H,21,23,24). The van der Waals surface area contributed by atoms with Gasteiger partial charge in [0.05, 0.1) is 5.56 Å². The number of hydrogen-bond acceptors (Lipinski definition) is 5. The van der Waals surface area contributed by atoms with Gasteiger partial charge in [0.1, 0.15) is 0 Å². The molecule has 4 rings (SSSR count). The van der Waals surface area contributed by atoms with E-state index in [9.17, 15) is 4.79 Å². The van der Waals surface area contributed by atoms with Crippen LogP contribution in [0.2, 0.25) is 0 Å². The van der Waals surface area contributed by atoms with Crippen molar-refractivity contribution in [2.24, 2.45) is 0 Å². The van der Waals surface area contributed by atoms with Gasteiger partial charge in [-0.25, -0.2) is 0 Å². The van der Waals surface area contributed by atoms with Crippen LogP contribution < -0.4 is 5.32 Å². The van der Waals surface area contributed by atoms with Crippen LogP contribution in [-0.4, -0.2) is 22.4 Å². The van der Waals surface area contributed by atoms with Crippen molar-refractivity contribution in [1.29, 1.82) is 0 Å². The Bertz CT molecular complexity index is 952. The molecule has 6 heteroatoms. The first kappa shape index (κ1) is 16.8. The summed E-state index contributed by atoms with van der Waals surface area (Å²) in [5.74, 6) is 0.169. The Morgan fingerprint density at radius 2 is 1.88 bits per heavy atom. The van der Waals surface area contributed by atoms with Crippen LogP contribution in [-0.2, 0) is 12.8 Å². The molecule has 0 saturated carbocycles. The Morgan fingerprint density at radius 1 is 1.08 bits per heavy atom. The highest BCUT2D eigenvalue weighted by atomic mass is 32.2. The lowest BCUT2D eigenvalue weighted by atomic mass is 9.90. The third-order valence-corrected chi connectivity index (χ3v) is 5.39. The number of benzene rings is 2. The van der Waals surface area contributed by atoms with Gasteiger partial charge in [0.15, 0.2) is 0 Å². The Morgan fingerprint density at radius 3 is 2.73 bits per heavy atom. The number of aryl methyl sites for hydroxylation is 2. The molecule has 1 amide bonds. The maximum Gasteiger partial charge on any atom is 0.322 e. The first-order valence-electron chi connectivity index (χ1n) is 8.64. The molecule has 1 aliphatic carbocycles. The minimum atomic E-state index is -0.230. The summed E-state index contributed by atoms with van der Waals surface area (Å²) in [6, 6.07) is 13.8. The number of fused-ring (bicyclic) bond motifs is 1. The molecule has 0 saturated heterocycles. The highest BCUT2D eigenvalue weighted by molar-refractivity contribution is 7.98. The number of carbonyl (C=O) groups excluding carboxylic acids is 1. The average molecular weight is 365 g/mol. The number of anilines is 1. The molecular weight excluding hydrogens is 346 g/mol. The van der Waals surface area contributed by atoms with Gasteiger partial charge < -0.3 is 4.42 Å². The van der Waals surface area contributed by atoms with E-state index in [0.717, 1.165) is 23.3 Å². The molecule has 3 aromatic rings. The van der Waals surface area contributed by atoms with Crippen molar-refractivity contribution in [2.45, 2.75) is 30.6 Å². The Hall–Kier alpha value is -2.60. The van der Waals surface area contributed by atoms with Crippen LogP contribution in [0, 0.1) is 0 Å². The molecule has 0 aliphatic heterocycles. The van der Waals surface area contributed by atoms with Gasteiger partial charge in [-0.3, -0.25) is 10.1 Å². The van der Waals surface area contributed by atoms with Crippen molar-refractivity contribution < 1.29 is 9.21 Å². The van der Waals surface area contributed by atoms with Crippen LogP contribution in [0.5, 0.6) is 0 Å². The first-order chi connectivity index (χ1) is 12.7. The van der Waals surface area contributed by atoms with Crippen molar-refractivity contribution in [3.05, 3.63) is 59.2 Å². The lowest BCUT2D eigenvalue weighted by molar-refractivity contribution is 0.102. The van der Waals surface area contributed by atoms with E-state index < -0.39 is 0 Å². The van der Waals surface area contributed by atoms with Gasteiger partial charge in [0, 0.05) is 10.5 Å². The largest absolute Gasteiger partial charge is 0.403 e. The van der Waals surface area contributed by atoms with Crippen LogP contribution in [0.15, 0.2) is 51.8 Å². The zero-order valence-electron chi connectivity index (χ0n) is 14.5. The van der Waals surface area contributed by atoms with E-state index in [-0.39, 0.29) is 11.9 Å². The molecular formula is C20H19N3O2S. The summed E-state index contributed by atoms with van der Waals surface area (Å²) in [5.41, 5.74) is 4.10. The fourth-order valence-corrected chi connectivity index (χ4v) is 3.84. The molecule has 0 atom stereocenters. The van der Waals surface area contributed by atoms with Gasteiger partial charge in [0.25, 0.3) is 11.8 Å². The first-order valence-corrected chi connectivity index (χ1v) is 9.87. The molecule has 0 unspecified atom stereocenters. The second-order valence-electron chi connectivity index (χ2n) is 6.26. The molecule has 0 spiro atoms. The highest BCUT2D eigenvalue weighted by Crippen LogP contribution is 2.30. The van der Waals surface area contributed by atoms with Gasteiger partial charge in [-0.2, -0.15) is 0 Å². The molecule has 0 fully saturated rings. The van der Waals surface area contributed by atoms with E-state index >= 15 is 0 Å². The maximum atomic E-state index is 12.5. The fourth-order valence-electron chi connectivity index (χ4n) is 3.25. The van der Waals surface area contributed by atoms with Crippen LogP contribution in [0.25, 0.3) is 11.5 Å². The molecule has 1 heterocycles. The number of aromatic nitrogens is 2. The lowest BCUT2D eigenvalue weighted by Gasteiger charge is -2.16.